The molecule has 2 heterocycles. The number of aromatic nitrogens is 2. The van der Waals surface area contributed by atoms with Gasteiger partial charge in [-0.05, 0) is 45.4 Å². The second kappa shape index (κ2) is 7.47. The van der Waals surface area contributed by atoms with Crippen LogP contribution in [0.2, 0.25) is 5.02 Å². The lowest BCUT2D eigenvalue weighted by Crippen LogP contribution is -2.35. The number of rotatable bonds is 3. The zero-order valence-corrected chi connectivity index (χ0v) is 17.5. The van der Waals surface area contributed by atoms with E-state index >= 15 is 0 Å². The van der Waals surface area contributed by atoms with Crippen LogP contribution in [0.15, 0.2) is 24.3 Å². The average molecular weight is 405 g/mol. The Hall–Kier alpha value is -2.54. The molecule has 0 radical (unpaired) electrons. The first-order valence-electron chi connectivity index (χ1n) is 9.15. The van der Waals surface area contributed by atoms with E-state index in [0.717, 1.165) is 16.8 Å². The Morgan fingerprint density at radius 3 is 2.54 bits per heavy atom. The third-order valence-corrected chi connectivity index (χ3v) is 4.87. The van der Waals surface area contributed by atoms with Gasteiger partial charge in [0, 0.05) is 24.2 Å². The van der Waals surface area contributed by atoms with E-state index in [1.165, 1.54) is 0 Å². The molecule has 1 aromatic heterocycles. The summed E-state index contributed by atoms with van der Waals surface area (Å²) in [5, 5.41) is 7.92. The summed E-state index contributed by atoms with van der Waals surface area (Å²) in [4.78, 5) is 26.9. The van der Waals surface area contributed by atoms with Crippen LogP contribution in [0.1, 0.15) is 61.0 Å². The SMILES string of the molecule is C[C@@H]1c2c(C(=O)NCc3ccc(Cl)cc3)nn(C)c2CN1C(=O)OC(C)(C)C. The van der Waals surface area contributed by atoms with Crippen LogP contribution in [-0.4, -0.2) is 32.3 Å². The number of nitrogens with one attached hydrogen (secondary N) is 1. The molecule has 3 rings (SSSR count). The fraction of sp³-hybridized carbons (Fsp3) is 0.450. The minimum absolute atomic E-state index is 0.273. The molecule has 8 heteroatoms. The summed E-state index contributed by atoms with van der Waals surface area (Å²) in [6, 6.07) is 6.98. The maximum atomic E-state index is 12.8. The Morgan fingerprint density at radius 2 is 1.93 bits per heavy atom. The third kappa shape index (κ3) is 4.14. The molecule has 0 saturated carbocycles. The molecular formula is C20H25ClN4O3. The van der Waals surface area contributed by atoms with Gasteiger partial charge in [-0.15, -0.1) is 0 Å². The van der Waals surface area contributed by atoms with Gasteiger partial charge < -0.3 is 10.1 Å². The van der Waals surface area contributed by atoms with Gasteiger partial charge in [0.15, 0.2) is 5.69 Å². The van der Waals surface area contributed by atoms with E-state index < -0.39 is 11.7 Å². The molecule has 0 fully saturated rings. The van der Waals surface area contributed by atoms with E-state index in [9.17, 15) is 9.59 Å². The number of carbonyl (C=O) groups excluding carboxylic acids is 2. The predicted octanol–water partition coefficient (Wildman–Crippen LogP) is 3.82. The highest BCUT2D eigenvalue weighted by molar-refractivity contribution is 6.30. The highest BCUT2D eigenvalue weighted by Crippen LogP contribution is 2.36. The molecular weight excluding hydrogens is 380 g/mol. The van der Waals surface area contributed by atoms with Crippen LogP contribution in [0.3, 0.4) is 0 Å². The largest absolute Gasteiger partial charge is 0.444 e. The molecule has 150 valence electrons. The van der Waals surface area contributed by atoms with Crippen molar-refractivity contribution in [3.8, 4) is 0 Å². The van der Waals surface area contributed by atoms with E-state index in [1.807, 2.05) is 39.8 Å². The Morgan fingerprint density at radius 1 is 1.29 bits per heavy atom. The average Bonchev–Trinajstić information content (AvgIpc) is 3.11. The molecule has 0 spiro atoms. The summed E-state index contributed by atoms with van der Waals surface area (Å²) in [7, 11) is 1.78. The number of fused-ring (bicyclic) bond motifs is 1. The fourth-order valence-corrected chi connectivity index (χ4v) is 3.36. The lowest BCUT2D eigenvalue weighted by molar-refractivity contribution is 0.0182. The molecule has 7 nitrogen and oxygen atoms in total. The smallest absolute Gasteiger partial charge is 0.411 e. The molecule has 1 N–H and O–H groups in total. The van der Waals surface area contributed by atoms with Crippen molar-refractivity contribution in [2.45, 2.75) is 52.4 Å². The molecule has 2 aromatic rings. The van der Waals surface area contributed by atoms with Gasteiger partial charge in [0.1, 0.15) is 5.60 Å². The summed E-state index contributed by atoms with van der Waals surface area (Å²) in [5.74, 6) is -0.273. The van der Waals surface area contributed by atoms with Crippen LogP contribution in [0, 0.1) is 0 Å². The van der Waals surface area contributed by atoms with Crippen molar-refractivity contribution in [3.63, 3.8) is 0 Å². The van der Waals surface area contributed by atoms with Crippen LogP contribution < -0.4 is 5.32 Å². The topological polar surface area (TPSA) is 76.5 Å². The number of carbonyl (C=O) groups is 2. The Kier molecular flexibility index (Phi) is 5.39. The molecule has 0 bridgehead atoms. The number of nitrogens with zero attached hydrogens (tertiary/aromatic N) is 3. The van der Waals surface area contributed by atoms with Crippen molar-refractivity contribution >= 4 is 23.6 Å². The molecule has 2 amide bonds. The molecule has 1 aromatic carbocycles. The highest BCUT2D eigenvalue weighted by Gasteiger charge is 2.39. The Balaban J connectivity index is 1.76. The Labute approximate surface area is 169 Å². The summed E-state index contributed by atoms with van der Waals surface area (Å²) < 4.78 is 7.15. The van der Waals surface area contributed by atoms with Crippen LogP contribution in [0.25, 0.3) is 0 Å². The monoisotopic (exact) mass is 404 g/mol. The van der Waals surface area contributed by atoms with Crippen LogP contribution in [-0.2, 0) is 24.9 Å². The minimum atomic E-state index is -0.581. The maximum Gasteiger partial charge on any atom is 0.411 e. The van der Waals surface area contributed by atoms with Crippen LogP contribution >= 0.6 is 11.6 Å². The maximum absolute atomic E-state index is 12.8. The second-order valence-corrected chi connectivity index (χ2v) is 8.36. The fourth-order valence-electron chi connectivity index (χ4n) is 3.24. The van der Waals surface area contributed by atoms with E-state index in [1.54, 1.807) is 28.8 Å². The highest BCUT2D eigenvalue weighted by atomic mass is 35.5. The molecule has 1 aliphatic heterocycles. The number of aryl methyl sites for hydroxylation is 1. The van der Waals surface area contributed by atoms with E-state index in [4.69, 9.17) is 16.3 Å². The Bertz CT molecular complexity index is 899. The number of benzene rings is 1. The van der Waals surface area contributed by atoms with Gasteiger partial charge in [-0.1, -0.05) is 23.7 Å². The third-order valence-electron chi connectivity index (χ3n) is 4.62. The number of hydrogen-bond donors (Lipinski definition) is 1. The molecule has 0 aliphatic carbocycles. The number of halogens is 1. The summed E-state index contributed by atoms with van der Waals surface area (Å²) in [6.45, 7) is 8.10. The number of ether oxygens (including phenoxy) is 1. The van der Waals surface area contributed by atoms with Gasteiger partial charge in [-0.2, -0.15) is 5.10 Å². The number of amides is 2. The van der Waals surface area contributed by atoms with Crippen molar-refractivity contribution in [1.82, 2.24) is 20.0 Å². The van der Waals surface area contributed by atoms with E-state index in [-0.39, 0.29) is 11.9 Å². The van der Waals surface area contributed by atoms with Gasteiger partial charge in [-0.3, -0.25) is 14.4 Å². The van der Waals surface area contributed by atoms with Crippen molar-refractivity contribution in [2.24, 2.45) is 7.05 Å². The predicted molar refractivity (Wildman–Crippen MR) is 106 cm³/mol. The second-order valence-electron chi connectivity index (χ2n) is 7.93. The van der Waals surface area contributed by atoms with Crippen molar-refractivity contribution in [3.05, 3.63) is 51.8 Å². The van der Waals surface area contributed by atoms with Gasteiger partial charge in [0.25, 0.3) is 5.91 Å². The molecule has 0 unspecified atom stereocenters. The molecule has 28 heavy (non-hydrogen) atoms. The first-order chi connectivity index (χ1) is 13.1. The van der Waals surface area contributed by atoms with Gasteiger partial charge in [0.05, 0.1) is 18.3 Å². The van der Waals surface area contributed by atoms with Crippen molar-refractivity contribution in [2.75, 3.05) is 0 Å². The minimum Gasteiger partial charge on any atom is -0.444 e. The van der Waals surface area contributed by atoms with Crippen LogP contribution in [0.5, 0.6) is 0 Å². The van der Waals surface area contributed by atoms with E-state index in [2.05, 4.69) is 10.4 Å². The van der Waals surface area contributed by atoms with E-state index in [0.29, 0.717) is 23.8 Å². The first-order valence-corrected chi connectivity index (χ1v) is 9.52. The molecule has 1 aliphatic rings. The zero-order valence-electron chi connectivity index (χ0n) is 16.7. The standard InChI is InChI=1S/C20H25ClN4O3/c1-12-16-15(11-25(12)19(27)28-20(2,3)4)24(5)23-17(16)18(26)22-10-13-6-8-14(21)9-7-13/h6-9,12H,10-11H2,1-5H3,(H,22,26)/t12-/m1/s1. The normalized spacial score (nSPS) is 16.1. The van der Waals surface area contributed by atoms with Crippen molar-refractivity contribution in [1.29, 1.82) is 0 Å². The summed E-state index contributed by atoms with van der Waals surface area (Å²) in [6.07, 6.45) is -0.399. The van der Waals surface area contributed by atoms with Gasteiger partial charge in [0.2, 0.25) is 0 Å². The van der Waals surface area contributed by atoms with Crippen molar-refractivity contribution < 1.29 is 14.3 Å². The number of hydrogen-bond acceptors (Lipinski definition) is 4. The quantitative estimate of drug-likeness (QED) is 0.843. The molecule has 0 saturated heterocycles. The first kappa shape index (κ1) is 20.2. The van der Waals surface area contributed by atoms with Gasteiger partial charge >= 0.3 is 6.09 Å². The lowest BCUT2D eigenvalue weighted by atomic mass is 10.1. The molecule has 1 atom stereocenters. The summed E-state index contributed by atoms with van der Waals surface area (Å²) in [5.41, 5.74) is 2.30. The zero-order chi connectivity index (χ0) is 20.6. The lowest BCUT2D eigenvalue weighted by Gasteiger charge is -2.27. The van der Waals surface area contributed by atoms with Crippen LogP contribution in [0.4, 0.5) is 4.79 Å². The van der Waals surface area contributed by atoms with Gasteiger partial charge in [-0.25, -0.2) is 4.79 Å². The summed E-state index contributed by atoms with van der Waals surface area (Å²) >= 11 is 5.89.